The van der Waals surface area contributed by atoms with Gasteiger partial charge in [-0.2, -0.15) is 0 Å². The number of carbonyl (C=O) groups is 1. The Balaban J connectivity index is 1.95. The van der Waals surface area contributed by atoms with Crippen LogP contribution in [0.3, 0.4) is 0 Å². The highest BCUT2D eigenvalue weighted by Gasteiger charge is 2.62. The van der Waals surface area contributed by atoms with Crippen molar-refractivity contribution in [3.63, 3.8) is 0 Å². The molecule has 1 aromatic rings. The number of rotatable bonds is 4. The molecule has 1 aromatic carbocycles. The molecule has 3 rings (SSSR count). The van der Waals surface area contributed by atoms with Crippen molar-refractivity contribution in [2.24, 2.45) is 16.7 Å². The molecule has 2 saturated carbocycles. The van der Waals surface area contributed by atoms with Crippen LogP contribution in [0.2, 0.25) is 0 Å². The summed E-state index contributed by atoms with van der Waals surface area (Å²) in [5, 5.41) is 0. The summed E-state index contributed by atoms with van der Waals surface area (Å²) >= 11 is 0. The number of ether oxygens (including phenoxy) is 2. The van der Waals surface area contributed by atoms with Crippen LogP contribution in [0.4, 0.5) is 0 Å². The molecule has 2 bridgehead atoms. The lowest BCUT2D eigenvalue weighted by Crippen LogP contribution is -2.48. The van der Waals surface area contributed by atoms with Crippen LogP contribution in [-0.2, 0) is 19.9 Å². The smallest absolute Gasteiger partial charge is 0.356 e. The van der Waals surface area contributed by atoms with E-state index in [1.165, 1.54) is 13.5 Å². The average molecular weight is 340 g/mol. The van der Waals surface area contributed by atoms with E-state index in [-0.39, 0.29) is 16.9 Å². The predicted molar refractivity (Wildman–Crippen MR) is 97.7 cm³/mol. The Hall–Kier alpha value is -1.79. The molecule has 0 unspecified atom stereocenters. The molecule has 134 valence electrons. The average Bonchev–Trinajstić information content (AvgIpc) is 3.08. The van der Waals surface area contributed by atoms with Gasteiger partial charge >= 0.3 is 5.97 Å². The highest BCUT2D eigenvalue weighted by molar-refractivity contribution is 5.85. The molecular formula is C22H28O3. The van der Waals surface area contributed by atoms with Gasteiger partial charge in [-0.25, -0.2) is 4.79 Å². The van der Waals surface area contributed by atoms with Gasteiger partial charge in [-0.05, 0) is 32.1 Å². The molecule has 0 amide bonds. The van der Waals surface area contributed by atoms with Gasteiger partial charge in [-0.1, -0.05) is 57.0 Å². The quantitative estimate of drug-likeness (QED) is 0.605. The normalized spacial score (nSPS) is 31.7. The van der Waals surface area contributed by atoms with Crippen LogP contribution in [0, 0.1) is 28.6 Å². The lowest BCUT2D eigenvalue weighted by Gasteiger charge is -2.43. The van der Waals surface area contributed by atoms with Gasteiger partial charge in [0.2, 0.25) is 0 Å². The Morgan fingerprint density at radius 3 is 2.44 bits per heavy atom. The van der Waals surface area contributed by atoms with Crippen molar-refractivity contribution < 1.29 is 14.3 Å². The molecule has 3 heteroatoms. The van der Waals surface area contributed by atoms with E-state index in [0.717, 1.165) is 12.8 Å². The van der Waals surface area contributed by atoms with E-state index in [1.807, 2.05) is 30.3 Å². The van der Waals surface area contributed by atoms with E-state index >= 15 is 0 Å². The predicted octanol–water partition coefficient (Wildman–Crippen LogP) is 4.31. The third-order valence-corrected chi connectivity index (χ3v) is 6.44. The molecule has 0 N–H and O–H groups in total. The molecule has 0 saturated heterocycles. The fourth-order valence-corrected chi connectivity index (χ4v) is 5.08. The van der Waals surface area contributed by atoms with Gasteiger partial charge in [0.25, 0.3) is 5.60 Å². The molecule has 0 radical (unpaired) electrons. The van der Waals surface area contributed by atoms with Crippen molar-refractivity contribution in [1.82, 2.24) is 0 Å². The maximum Gasteiger partial charge on any atom is 0.356 e. The van der Waals surface area contributed by atoms with Crippen LogP contribution in [0.1, 0.15) is 52.5 Å². The molecule has 2 fully saturated rings. The standard InChI is InChI=1S/C22H28O3/c1-6-13-22(24-5,16-10-8-7-9-11-16)19(23)25-18-20(2,3)17-12-14-21(18,4)15-17/h7-11,17-18H,12,14-15H2,1-5H3/t17-,18+,21+,22+/m0/s1. The van der Waals surface area contributed by atoms with Crippen molar-refractivity contribution in [3.8, 4) is 11.8 Å². The van der Waals surface area contributed by atoms with Crippen molar-refractivity contribution in [2.45, 2.75) is 58.7 Å². The molecule has 2 aliphatic rings. The number of hydrogen-bond acceptors (Lipinski definition) is 3. The summed E-state index contributed by atoms with van der Waals surface area (Å²) in [6.07, 6.45) is 3.36. The number of fused-ring (bicyclic) bond motifs is 2. The Morgan fingerprint density at radius 1 is 1.24 bits per heavy atom. The second kappa shape index (κ2) is 6.18. The maximum absolute atomic E-state index is 13.3. The zero-order valence-electron chi connectivity index (χ0n) is 15.9. The highest BCUT2D eigenvalue weighted by Crippen LogP contribution is 2.63. The van der Waals surface area contributed by atoms with Crippen LogP contribution in [0.25, 0.3) is 0 Å². The van der Waals surface area contributed by atoms with E-state index in [9.17, 15) is 4.79 Å². The molecular weight excluding hydrogens is 312 g/mol. The van der Waals surface area contributed by atoms with Crippen LogP contribution >= 0.6 is 0 Å². The molecule has 3 nitrogen and oxygen atoms in total. The molecule has 0 aromatic heterocycles. The fourth-order valence-electron chi connectivity index (χ4n) is 5.08. The minimum absolute atomic E-state index is 0.0154. The Bertz CT molecular complexity index is 707. The summed E-state index contributed by atoms with van der Waals surface area (Å²) in [5.74, 6) is 6.04. The van der Waals surface area contributed by atoms with Gasteiger partial charge < -0.3 is 9.47 Å². The van der Waals surface area contributed by atoms with E-state index in [1.54, 1.807) is 6.92 Å². The van der Waals surface area contributed by atoms with Crippen molar-refractivity contribution >= 4 is 5.97 Å². The zero-order valence-corrected chi connectivity index (χ0v) is 15.9. The minimum atomic E-state index is -1.37. The van der Waals surface area contributed by atoms with Crippen molar-refractivity contribution in [2.75, 3.05) is 7.11 Å². The first kappa shape index (κ1) is 18.0. The summed E-state index contributed by atoms with van der Waals surface area (Å²) < 4.78 is 11.8. The van der Waals surface area contributed by atoms with Crippen LogP contribution < -0.4 is 0 Å². The zero-order chi connectivity index (χ0) is 18.3. The van der Waals surface area contributed by atoms with E-state index in [2.05, 4.69) is 32.6 Å². The van der Waals surface area contributed by atoms with Crippen molar-refractivity contribution in [3.05, 3.63) is 35.9 Å². The SMILES string of the molecule is CC#C[C@](OC)(C(=O)O[C@@H]1C(C)(C)[C@H]2CC[C@]1(C)C2)c1ccccc1. The summed E-state index contributed by atoms with van der Waals surface area (Å²) in [6, 6.07) is 9.41. The van der Waals surface area contributed by atoms with Crippen molar-refractivity contribution in [1.29, 1.82) is 0 Å². The molecule has 0 spiro atoms. The Kier molecular flexibility index (Phi) is 4.45. The van der Waals surface area contributed by atoms with Gasteiger partial charge in [0.15, 0.2) is 0 Å². The van der Waals surface area contributed by atoms with Gasteiger partial charge in [0, 0.05) is 23.5 Å². The van der Waals surface area contributed by atoms with Gasteiger partial charge in [0.05, 0.1) is 0 Å². The Labute approximate surface area is 151 Å². The van der Waals surface area contributed by atoms with Gasteiger partial charge in [-0.3, -0.25) is 0 Å². The van der Waals surface area contributed by atoms with Gasteiger partial charge in [0.1, 0.15) is 6.10 Å². The van der Waals surface area contributed by atoms with E-state index in [4.69, 9.17) is 9.47 Å². The highest BCUT2D eigenvalue weighted by atomic mass is 16.6. The lowest BCUT2D eigenvalue weighted by atomic mass is 9.70. The molecule has 25 heavy (non-hydrogen) atoms. The molecule has 0 aliphatic heterocycles. The van der Waals surface area contributed by atoms with Gasteiger partial charge in [-0.15, -0.1) is 5.92 Å². The Morgan fingerprint density at radius 2 is 1.92 bits per heavy atom. The second-order valence-corrected chi connectivity index (χ2v) is 8.33. The number of hydrogen-bond donors (Lipinski definition) is 0. The summed E-state index contributed by atoms with van der Waals surface area (Å²) in [5.41, 5.74) is -0.620. The third kappa shape index (κ3) is 2.68. The second-order valence-electron chi connectivity index (χ2n) is 8.33. The first-order chi connectivity index (χ1) is 11.8. The molecule has 2 aliphatic carbocycles. The largest absolute Gasteiger partial charge is 0.458 e. The first-order valence-corrected chi connectivity index (χ1v) is 9.06. The van der Waals surface area contributed by atoms with E-state index < -0.39 is 11.6 Å². The van der Waals surface area contributed by atoms with E-state index in [0.29, 0.717) is 11.5 Å². The fraction of sp³-hybridized carbons (Fsp3) is 0.591. The number of benzene rings is 1. The number of carbonyl (C=O) groups excluding carboxylic acids is 1. The number of methoxy groups -OCH3 is 1. The first-order valence-electron chi connectivity index (χ1n) is 9.06. The maximum atomic E-state index is 13.3. The van der Waals surface area contributed by atoms with Crippen LogP contribution in [0.15, 0.2) is 30.3 Å². The lowest BCUT2D eigenvalue weighted by molar-refractivity contribution is -0.183. The summed E-state index contributed by atoms with van der Waals surface area (Å²) in [4.78, 5) is 13.3. The molecule has 0 heterocycles. The third-order valence-electron chi connectivity index (χ3n) is 6.44. The minimum Gasteiger partial charge on any atom is -0.458 e. The van der Waals surface area contributed by atoms with Crippen LogP contribution in [0.5, 0.6) is 0 Å². The summed E-state index contributed by atoms with van der Waals surface area (Å²) in [6.45, 7) is 8.42. The topological polar surface area (TPSA) is 35.5 Å². The summed E-state index contributed by atoms with van der Waals surface area (Å²) in [7, 11) is 1.52. The molecule has 4 atom stereocenters. The monoisotopic (exact) mass is 340 g/mol. The number of esters is 1. The van der Waals surface area contributed by atoms with Crippen LogP contribution in [-0.4, -0.2) is 19.2 Å².